The Hall–Kier alpha value is -1.80. The van der Waals surface area contributed by atoms with Crippen LogP contribution in [0.4, 0.5) is 4.39 Å². The molecule has 2 aromatic heterocycles. The number of carbonyl (C=O) groups excluding carboxylic acids is 1. The van der Waals surface area contributed by atoms with Crippen molar-refractivity contribution >= 4 is 17.2 Å². The maximum absolute atomic E-state index is 13.9. The number of likely N-dealkylation sites (N-methyl/N-ethyl adjacent to an activating group) is 1. The standard InChI is InChI=1S/C16H21FN4O2S/c1-10-4-14(23-19-10)16(22)20(3)7-13-5-12(17)6-21(13)8-15-11(2)18-9-24-15/h4,9,12-13H,5-8H2,1-3H3/t12-,13-/m0/s1. The van der Waals surface area contributed by atoms with Gasteiger partial charge in [-0.2, -0.15) is 0 Å². The summed E-state index contributed by atoms with van der Waals surface area (Å²) in [5.74, 6) is -0.0125. The summed E-state index contributed by atoms with van der Waals surface area (Å²) in [6.07, 6.45) is -0.426. The number of thiazole rings is 1. The first kappa shape index (κ1) is 17.0. The molecule has 0 aromatic carbocycles. The fourth-order valence-electron chi connectivity index (χ4n) is 3.02. The molecule has 1 amide bonds. The van der Waals surface area contributed by atoms with Crippen LogP contribution in [0.15, 0.2) is 16.1 Å². The second-order valence-corrected chi connectivity index (χ2v) is 7.23. The van der Waals surface area contributed by atoms with Crippen LogP contribution in [0.3, 0.4) is 0 Å². The summed E-state index contributed by atoms with van der Waals surface area (Å²) in [4.78, 5) is 21.4. The minimum Gasteiger partial charge on any atom is -0.351 e. The van der Waals surface area contributed by atoms with Crippen LogP contribution in [0.25, 0.3) is 0 Å². The Morgan fingerprint density at radius 3 is 2.96 bits per heavy atom. The molecule has 130 valence electrons. The van der Waals surface area contributed by atoms with Crippen molar-refractivity contribution in [1.82, 2.24) is 19.9 Å². The Labute approximate surface area is 144 Å². The molecule has 1 fully saturated rings. The maximum Gasteiger partial charge on any atom is 0.292 e. The van der Waals surface area contributed by atoms with Gasteiger partial charge in [-0.25, -0.2) is 9.37 Å². The Kier molecular flexibility index (Phi) is 4.96. The first-order chi connectivity index (χ1) is 11.4. The summed E-state index contributed by atoms with van der Waals surface area (Å²) in [6.45, 7) is 5.25. The number of aromatic nitrogens is 2. The van der Waals surface area contributed by atoms with E-state index in [1.165, 1.54) is 0 Å². The normalized spacial score (nSPS) is 21.3. The number of hydrogen-bond acceptors (Lipinski definition) is 6. The predicted octanol–water partition coefficient (Wildman–Crippen LogP) is 2.43. The minimum atomic E-state index is -0.862. The highest BCUT2D eigenvalue weighted by Gasteiger charge is 2.34. The van der Waals surface area contributed by atoms with Crippen molar-refractivity contribution in [1.29, 1.82) is 0 Å². The van der Waals surface area contributed by atoms with Crippen molar-refractivity contribution < 1.29 is 13.7 Å². The molecule has 0 bridgehead atoms. The van der Waals surface area contributed by atoms with Crippen LogP contribution in [0.5, 0.6) is 0 Å². The number of amides is 1. The molecular weight excluding hydrogens is 331 g/mol. The van der Waals surface area contributed by atoms with Gasteiger partial charge in [0.2, 0.25) is 5.76 Å². The van der Waals surface area contributed by atoms with Gasteiger partial charge in [-0.05, 0) is 20.3 Å². The largest absolute Gasteiger partial charge is 0.351 e. The molecular formula is C16H21FN4O2S. The number of carbonyl (C=O) groups is 1. The molecule has 6 nitrogen and oxygen atoms in total. The molecule has 0 N–H and O–H groups in total. The van der Waals surface area contributed by atoms with Gasteiger partial charge in [0.25, 0.3) is 5.91 Å². The number of nitrogens with zero attached hydrogens (tertiary/aromatic N) is 4. The highest BCUT2D eigenvalue weighted by atomic mass is 32.1. The third-order valence-electron chi connectivity index (χ3n) is 4.34. The number of alkyl halides is 1. The van der Waals surface area contributed by atoms with Crippen molar-refractivity contribution in [3.8, 4) is 0 Å². The lowest BCUT2D eigenvalue weighted by Crippen LogP contribution is -2.40. The first-order valence-electron chi connectivity index (χ1n) is 7.90. The monoisotopic (exact) mass is 352 g/mol. The summed E-state index contributed by atoms with van der Waals surface area (Å²) in [7, 11) is 1.71. The van der Waals surface area contributed by atoms with Crippen LogP contribution in [0, 0.1) is 13.8 Å². The van der Waals surface area contributed by atoms with Gasteiger partial charge in [-0.15, -0.1) is 11.3 Å². The van der Waals surface area contributed by atoms with Gasteiger partial charge in [0, 0.05) is 43.7 Å². The van der Waals surface area contributed by atoms with E-state index in [4.69, 9.17) is 4.52 Å². The van der Waals surface area contributed by atoms with E-state index in [1.807, 2.05) is 12.4 Å². The van der Waals surface area contributed by atoms with Gasteiger partial charge in [-0.1, -0.05) is 5.16 Å². The second-order valence-electron chi connectivity index (χ2n) is 6.30. The van der Waals surface area contributed by atoms with E-state index in [-0.39, 0.29) is 17.7 Å². The zero-order valence-electron chi connectivity index (χ0n) is 14.0. The van der Waals surface area contributed by atoms with E-state index in [0.717, 1.165) is 10.6 Å². The van der Waals surface area contributed by atoms with Gasteiger partial charge >= 0.3 is 0 Å². The third-order valence-corrected chi connectivity index (χ3v) is 5.26. The molecule has 0 saturated carbocycles. The van der Waals surface area contributed by atoms with E-state index in [9.17, 15) is 9.18 Å². The highest BCUT2D eigenvalue weighted by Crippen LogP contribution is 2.26. The predicted molar refractivity (Wildman–Crippen MR) is 88.8 cm³/mol. The molecule has 1 aliphatic rings. The summed E-state index contributed by atoms with van der Waals surface area (Å²) in [5, 5.41) is 3.74. The van der Waals surface area contributed by atoms with Gasteiger partial charge in [0.1, 0.15) is 6.17 Å². The maximum atomic E-state index is 13.9. The molecule has 3 heterocycles. The van der Waals surface area contributed by atoms with Crippen LogP contribution in [-0.4, -0.2) is 58.2 Å². The average molecular weight is 352 g/mol. The van der Waals surface area contributed by atoms with Gasteiger partial charge in [0.05, 0.1) is 16.9 Å². The smallest absolute Gasteiger partial charge is 0.292 e. The zero-order valence-corrected chi connectivity index (χ0v) is 14.8. The first-order valence-corrected chi connectivity index (χ1v) is 8.78. The number of hydrogen-bond donors (Lipinski definition) is 0. The van der Waals surface area contributed by atoms with Crippen LogP contribution in [0.1, 0.15) is 33.2 Å². The quantitative estimate of drug-likeness (QED) is 0.827. The van der Waals surface area contributed by atoms with E-state index < -0.39 is 6.17 Å². The van der Waals surface area contributed by atoms with Gasteiger partial charge < -0.3 is 9.42 Å². The van der Waals surface area contributed by atoms with E-state index in [2.05, 4.69) is 15.0 Å². The van der Waals surface area contributed by atoms with E-state index >= 15 is 0 Å². The molecule has 0 spiro atoms. The molecule has 24 heavy (non-hydrogen) atoms. The number of likely N-dealkylation sites (tertiary alicyclic amines) is 1. The highest BCUT2D eigenvalue weighted by molar-refractivity contribution is 7.09. The molecule has 3 rings (SSSR count). The fourth-order valence-corrected chi connectivity index (χ4v) is 3.82. The Morgan fingerprint density at radius 2 is 2.33 bits per heavy atom. The summed E-state index contributed by atoms with van der Waals surface area (Å²) >= 11 is 1.59. The van der Waals surface area contributed by atoms with Crippen LogP contribution in [-0.2, 0) is 6.54 Å². The van der Waals surface area contributed by atoms with Crippen LogP contribution >= 0.6 is 11.3 Å². The lowest BCUT2D eigenvalue weighted by atomic mass is 10.2. The van der Waals surface area contributed by atoms with Crippen molar-refractivity contribution in [3.63, 3.8) is 0 Å². The second kappa shape index (κ2) is 6.98. The average Bonchev–Trinajstić information content (AvgIpc) is 3.22. The molecule has 2 aromatic rings. The fraction of sp³-hybridized carbons (Fsp3) is 0.562. The van der Waals surface area contributed by atoms with Crippen molar-refractivity contribution in [2.45, 2.75) is 39.0 Å². The lowest BCUT2D eigenvalue weighted by Gasteiger charge is -2.27. The topological polar surface area (TPSA) is 62.5 Å². The summed E-state index contributed by atoms with van der Waals surface area (Å²) in [6, 6.07) is 1.60. The lowest BCUT2D eigenvalue weighted by molar-refractivity contribution is 0.0709. The summed E-state index contributed by atoms with van der Waals surface area (Å²) < 4.78 is 19.0. The van der Waals surface area contributed by atoms with E-state index in [0.29, 0.717) is 31.7 Å². The Bertz CT molecular complexity index is 717. The number of halogens is 1. The molecule has 0 unspecified atom stereocenters. The molecule has 8 heteroatoms. The van der Waals surface area contributed by atoms with Gasteiger partial charge in [-0.3, -0.25) is 9.69 Å². The molecule has 0 aliphatic carbocycles. The Morgan fingerprint density at radius 1 is 1.54 bits per heavy atom. The Balaban J connectivity index is 1.65. The van der Waals surface area contributed by atoms with E-state index in [1.54, 1.807) is 36.3 Å². The number of aryl methyl sites for hydroxylation is 2. The SMILES string of the molecule is Cc1cc(C(=O)N(C)C[C@@H]2C[C@H](F)CN2Cc2scnc2C)on1. The third kappa shape index (κ3) is 3.64. The molecule has 0 radical (unpaired) electrons. The zero-order chi connectivity index (χ0) is 17.3. The van der Waals surface area contributed by atoms with Crippen molar-refractivity contribution in [3.05, 3.63) is 33.6 Å². The molecule has 1 aliphatic heterocycles. The summed E-state index contributed by atoms with van der Waals surface area (Å²) in [5.41, 5.74) is 3.46. The van der Waals surface area contributed by atoms with Gasteiger partial charge in [0.15, 0.2) is 0 Å². The number of rotatable bonds is 5. The van der Waals surface area contributed by atoms with Crippen molar-refractivity contribution in [2.24, 2.45) is 0 Å². The molecule has 2 atom stereocenters. The van der Waals surface area contributed by atoms with Crippen molar-refractivity contribution in [2.75, 3.05) is 20.1 Å². The molecule has 1 saturated heterocycles. The minimum absolute atomic E-state index is 0.0144. The van der Waals surface area contributed by atoms with Crippen LogP contribution in [0.2, 0.25) is 0 Å². The van der Waals surface area contributed by atoms with Crippen LogP contribution < -0.4 is 0 Å².